The minimum absolute atomic E-state index is 0.0791. The van der Waals surface area contributed by atoms with Gasteiger partial charge in [-0.2, -0.15) is 0 Å². The SMILES string of the molecule is O=C1CC(NC(=O)c2cccc(F)c2)CN1. The molecule has 1 aliphatic heterocycles. The fourth-order valence-electron chi connectivity index (χ4n) is 1.61. The van der Waals surface area contributed by atoms with E-state index in [-0.39, 0.29) is 29.8 Å². The minimum Gasteiger partial charge on any atom is -0.354 e. The topological polar surface area (TPSA) is 58.2 Å². The van der Waals surface area contributed by atoms with Crippen LogP contribution in [0.25, 0.3) is 0 Å². The number of rotatable bonds is 2. The summed E-state index contributed by atoms with van der Waals surface area (Å²) >= 11 is 0. The van der Waals surface area contributed by atoms with Gasteiger partial charge < -0.3 is 10.6 Å². The van der Waals surface area contributed by atoms with Crippen molar-refractivity contribution in [2.45, 2.75) is 12.5 Å². The van der Waals surface area contributed by atoms with E-state index >= 15 is 0 Å². The molecule has 0 aliphatic carbocycles. The van der Waals surface area contributed by atoms with Crippen LogP contribution in [0.1, 0.15) is 16.8 Å². The molecular weight excluding hydrogens is 211 g/mol. The van der Waals surface area contributed by atoms with E-state index in [2.05, 4.69) is 10.6 Å². The third-order valence-electron chi connectivity index (χ3n) is 2.40. The zero-order chi connectivity index (χ0) is 11.5. The summed E-state index contributed by atoms with van der Waals surface area (Å²) in [5, 5.41) is 5.27. The second-order valence-corrected chi connectivity index (χ2v) is 3.69. The van der Waals surface area contributed by atoms with Crippen molar-refractivity contribution in [3.05, 3.63) is 35.6 Å². The van der Waals surface area contributed by atoms with Crippen LogP contribution in [0, 0.1) is 5.82 Å². The summed E-state index contributed by atoms with van der Waals surface area (Å²) in [7, 11) is 0. The monoisotopic (exact) mass is 222 g/mol. The van der Waals surface area contributed by atoms with Crippen LogP contribution in [0.15, 0.2) is 24.3 Å². The zero-order valence-corrected chi connectivity index (χ0v) is 8.50. The first-order valence-electron chi connectivity index (χ1n) is 4.98. The lowest BCUT2D eigenvalue weighted by Gasteiger charge is -2.10. The van der Waals surface area contributed by atoms with E-state index in [4.69, 9.17) is 0 Å². The molecule has 5 heteroatoms. The van der Waals surface area contributed by atoms with Gasteiger partial charge in [-0.3, -0.25) is 9.59 Å². The molecule has 0 saturated carbocycles. The molecule has 1 saturated heterocycles. The van der Waals surface area contributed by atoms with Gasteiger partial charge in [0.2, 0.25) is 5.91 Å². The van der Waals surface area contributed by atoms with Crippen molar-refractivity contribution in [1.82, 2.24) is 10.6 Å². The Morgan fingerprint density at radius 3 is 2.94 bits per heavy atom. The zero-order valence-electron chi connectivity index (χ0n) is 8.50. The number of halogens is 1. The lowest BCUT2D eigenvalue weighted by atomic mass is 10.2. The largest absolute Gasteiger partial charge is 0.354 e. The number of hydrogen-bond donors (Lipinski definition) is 2. The summed E-state index contributed by atoms with van der Waals surface area (Å²) in [5.41, 5.74) is 0.263. The summed E-state index contributed by atoms with van der Waals surface area (Å²) in [6.45, 7) is 0.430. The highest BCUT2D eigenvalue weighted by molar-refractivity contribution is 5.95. The Morgan fingerprint density at radius 2 is 2.31 bits per heavy atom. The van der Waals surface area contributed by atoms with Crippen molar-refractivity contribution >= 4 is 11.8 Å². The summed E-state index contributed by atoms with van der Waals surface area (Å²) < 4.78 is 12.9. The molecule has 1 atom stereocenters. The van der Waals surface area contributed by atoms with E-state index in [0.717, 1.165) is 0 Å². The number of benzene rings is 1. The van der Waals surface area contributed by atoms with Crippen LogP contribution in [0.5, 0.6) is 0 Å². The van der Waals surface area contributed by atoms with Gasteiger partial charge in [0.15, 0.2) is 0 Å². The molecule has 0 aromatic heterocycles. The molecule has 0 bridgehead atoms. The minimum atomic E-state index is -0.451. The number of nitrogens with one attached hydrogen (secondary N) is 2. The Hall–Kier alpha value is -1.91. The number of amides is 2. The van der Waals surface area contributed by atoms with E-state index in [1.165, 1.54) is 24.3 Å². The van der Waals surface area contributed by atoms with Crippen molar-refractivity contribution in [2.75, 3.05) is 6.54 Å². The predicted octanol–water partition coefficient (Wildman–Crippen LogP) is 0.444. The van der Waals surface area contributed by atoms with E-state index in [9.17, 15) is 14.0 Å². The molecule has 1 aromatic rings. The van der Waals surface area contributed by atoms with E-state index in [1.807, 2.05) is 0 Å². The molecule has 1 unspecified atom stereocenters. The fourth-order valence-corrected chi connectivity index (χ4v) is 1.61. The smallest absolute Gasteiger partial charge is 0.251 e. The molecule has 1 aliphatic rings. The van der Waals surface area contributed by atoms with Crippen LogP contribution in [0.4, 0.5) is 4.39 Å². The van der Waals surface area contributed by atoms with Gasteiger partial charge in [0.05, 0.1) is 6.04 Å². The molecule has 16 heavy (non-hydrogen) atoms. The van der Waals surface area contributed by atoms with Crippen molar-refractivity contribution in [2.24, 2.45) is 0 Å². The Labute approximate surface area is 91.8 Å². The van der Waals surface area contributed by atoms with Crippen LogP contribution in [0.2, 0.25) is 0 Å². The van der Waals surface area contributed by atoms with Crippen LogP contribution in [0.3, 0.4) is 0 Å². The number of carbonyl (C=O) groups excluding carboxylic acids is 2. The third kappa shape index (κ3) is 2.36. The molecule has 2 rings (SSSR count). The van der Waals surface area contributed by atoms with Crippen molar-refractivity contribution in [3.63, 3.8) is 0 Å². The summed E-state index contributed by atoms with van der Waals surface area (Å²) in [4.78, 5) is 22.5. The first-order valence-corrected chi connectivity index (χ1v) is 4.98. The van der Waals surface area contributed by atoms with Gasteiger partial charge in [0, 0.05) is 18.5 Å². The molecule has 2 N–H and O–H groups in total. The maximum atomic E-state index is 12.9. The molecule has 84 valence electrons. The maximum Gasteiger partial charge on any atom is 0.251 e. The average Bonchev–Trinajstić information content (AvgIpc) is 2.64. The van der Waals surface area contributed by atoms with Gasteiger partial charge in [-0.15, -0.1) is 0 Å². The molecule has 1 fully saturated rings. The first-order chi connectivity index (χ1) is 7.65. The second-order valence-electron chi connectivity index (χ2n) is 3.69. The summed E-state index contributed by atoms with van der Waals surface area (Å²) in [6, 6.07) is 5.24. The Morgan fingerprint density at radius 1 is 1.50 bits per heavy atom. The summed E-state index contributed by atoms with van der Waals surface area (Å²) in [5.74, 6) is -0.890. The lowest BCUT2D eigenvalue weighted by molar-refractivity contribution is -0.119. The fraction of sp³-hybridized carbons (Fsp3) is 0.273. The van der Waals surface area contributed by atoms with E-state index < -0.39 is 5.82 Å². The highest BCUT2D eigenvalue weighted by Gasteiger charge is 2.23. The van der Waals surface area contributed by atoms with Crippen molar-refractivity contribution in [3.8, 4) is 0 Å². The van der Waals surface area contributed by atoms with Gasteiger partial charge in [0.25, 0.3) is 5.91 Å². The van der Waals surface area contributed by atoms with Crippen LogP contribution < -0.4 is 10.6 Å². The first kappa shape index (κ1) is 10.6. The van der Waals surface area contributed by atoms with Gasteiger partial charge >= 0.3 is 0 Å². The van der Waals surface area contributed by atoms with E-state index in [1.54, 1.807) is 0 Å². The molecule has 2 amide bonds. The van der Waals surface area contributed by atoms with Gasteiger partial charge in [-0.25, -0.2) is 4.39 Å². The Balaban J connectivity index is 2.00. The molecule has 1 heterocycles. The number of carbonyl (C=O) groups is 2. The predicted molar refractivity (Wildman–Crippen MR) is 55.3 cm³/mol. The van der Waals surface area contributed by atoms with Crippen LogP contribution in [-0.4, -0.2) is 24.4 Å². The lowest BCUT2D eigenvalue weighted by Crippen LogP contribution is -2.36. The summed E-state index contributed by atoms with van der Waals surface area (Å²) in [6.07, 6.45) is 0.279. The molecule has 4 nitrogen and oxygen atoms in total. The Bertz CT molecular complexity index is 434. The van der Waals surface area contributed by atoms with Crippen LogP contribution >= 0.6 is 0 Å². The quantitative estimate of drug-likeness (QED) is 0.763. The van der Waals surface area contributed by atoms with Crippen molar-refractivity contribution in [1.29, 1.82) is 0 Å². The van der Waals surface area contributed by atoms with E-state index in [0.29, 0.717) is 6.54 Å². The highest BCUT2D eigenvalue weighted by Crippen LogP contribution is 2.05. The van der Waals surface area contributed by atoms with Gasteiger partial charge in [0.1, 0.15) is 5.82 Å². The van der Waals surface area contributed by atoms with Gasteiger partial charge in [-0.1, -0.05) is 6.07 Å². The van der Waals surface area contributed by atoms with Crippen LogP contribution in [-0.2, 0) is 4.79 Å². The standard InChI is InChI=1S/C11H11FN2O2/c12-8-3-1-2-7(4-8)11(16)14-9-5-10(15)13-6-9/h1-4,9H,5-6H2,(H,13,15)(H,14,16). The third-order valence-corrected chi connectivity index (χ3v) is 2.40. The van der Waals surface area contributed by atoms with Crippen molar-refractivity contribution < 1.29 is 14.0 Å². The molecule has 1 aromatic carbocycles. The molecular formula is C11H11FN2O2. The highest BCUT2D eigenvalue weighted by atomic mass is 19.1. The second kappa shape index (κ2) is 4.30. The number of hydrogen-bond acceptors (Lipinski definition) is 2. The normalized spacial score (nSPS) is 19.3. The van der Waals surface area contributed by atoms with Gasteiger partial charge in [-0.05, 0) is 18.2 Å². The Kier molecular flexibility index (Phi) is 2.85. The molecule has 0 spiro atoms. The maximum absolute atomic E-state index is 12.9. The molecule has 0 radical (unpaired) electrons. The average molecular weight is 222 g/mol.